The second-order valence-corrected chi connectivity index (χ2v) is 40.8. The third-order valence-electron chi connectivity index (χ3n) is 27.9. The molecule has 35 nitrogen and oxygen atoms in total. The first kappa shape index (κ1) is 99.5. The van der Waals surface area contributed by atoms with Gasteiger partial charge in [0.15, 0.2) is 57.0 Å². The fraction of sp³-hybridized carbons (Fsp3) is 0.306. The molecule has 20 heterocycles. The molecule has 0 bridgehead atoms. The van der Waals surface area contributed by atoms with Crippen molar-refractivity contribution in [3.8, 4) is 57.3 Å². The van der Waals surface area contributed by atoms with Gasteiger partial charge in [-0.25, -0.2) is 73.8 Å². The molecule has 0 saturated carbocycles. The van der Waals surface area contributed by atoms with Gasteiger partial charge in [0.1, 0.15) is 54.2 Å². The molecule has 3 N–H and O–H groups in total. The summed E-state index contributed by atoms with van der Waals surface area (Å²) in [5.41, 5.74) is 13.1. The van der Waals surface area contributed by atoms with Crippen molar-refractivity contribution in [3.63, 3.8) is 0 Å². The Kier molecular flexibility index (Phi) is 27.5. The molecule has 5 saturated heterocycles. The highest BCUT2D eigenvalue weighted by Crippen LogP contribution is 2.36. The van der Waals surface area contributed by atoms with E-state index in [4.69, 9.17) is 80.1 Å². The van der Waals surface area contributed by atoms with Crippen molar-refractivity contribution in [2.75, 3.05) is 130 Å². The fourth-order valence-corrected chi connectivity index (χ4v) is 21.2. The molecular formula is C108H106Cl5N25O10. The monoisotopic (exact) mass is 2090 g/mol. The third kappa shape index (κ3) is 20.8. The Balaban J connectivity index is 0.000000108. The topological polar surface area (TPSA) is 361 Å². The van der Waals surface area contributed by atoms with Gasteiger partial charge in [-0.1, -0.05) is 88.3 Å². The number of rotatable bonds is 10. The third-order valence-corrected chi connectivity index (χ3v) is 28.8. The van der Waals surface area contributed by atoms with Crippen LogP contribution in [0.3, 0.4) is 0 Å². The number of anilines is 5. The standard InChI is InChI=1S/3C22H22ClN5O2.2C21H20ClN5O2/c1-12-8-27(9-13(2)24-12)16-5-4-15-6-19(30-22(29)17(15)7-16)18-10-28-11-20(23)25-14(3)21(28)26-18;2*1-13-10-27(7-6-26(13)3)16-5-4-15-8-19(30-22(29)17(15)9-16)18-11-28-12-20(23)24-14(2)21(28)25-18;2*1-12-9-26(6-5-23-12)15-4-3-14-7-18(29-21(28)16(14)8-15)17-10-27-11-19(22)24-13(2)20(27)25-17/h4-7,10-13,24H,8-9H2,1-3H3;2*4-5,8-9,11-13H,6-7,10H2,1-3H3;2*3-4,7-8,10-12,23H,5-6,9H2,1-2H3/t12-,13+;2*13-;2*12-/m.1010/s1. The SMILES string of the molecule is Cc1nc(Cl)cn2cc(-c3cc4ccc(N5CCN(C)[C@@H](C)C5)cc4c(=O)o3)nc12.Cc1nc(Cl)cn2cc(-c3cc4ccc(N5CCN(C)[C@H](C)C5)cc4c(=O)o3)nc12.Cc1nc(Cl)cn2cc(-c3cc4ccc(N5CCN[C@@H](C)C5)cc4c(=O)o3)nc12.Cc1nc(Cl)cn2cc(-c3cc4ccc(N5CCN[C@H](C)C5)cc4c(=O)o3)nc12.Cc1nc(Cl)cn2cc(-c3cc4ccc(N5C[C@@H](C)N[C@@H](C)C5)cc4c(=O)o3)nc12. The van der Waals surface area contributed by atoms with E-state index in [1.807, 2.05) is 126 Å². The molecular weight excluding hydrogens is 1980 g/mol. The minimum atomic E-state index is -0.370. The summed E-state index contributed by atoms with van der Waals surface area (Å²) in [6, 6.07) is 41.7. The lowest BCUT2D eigenvalue weighted by atomic mass is 10.1. The number of hydrogen-bond acceptors (Lipinski definition) is 30. The van der Waals surface area contributed by atoms with Crippen molar-refractivity contribution in [1.82, 2.24) is 97.6 Å². The highest BCUT2D eigenvalue weighted by Gasteiger charge is 2.30. The number of nitrogens with zero attached hydrogens (tertiary/aromatic N) is 22. The van der Waals surface area contributed by atoms with Crippen LogP contribution < -0.4 is 68.6 Å². The van der Waals surface area contributed by atoms with Crippen molar-refractivity contribution in [3.05, 3.63) is 290 Å². The molecule has 148 heavy (non-hydrogen) atoms. The Morgan fingerprint density at radius 2 is 0.493 bits per heavy atom. The number of benzene rings is 5. The van der Waals surface area contributed by atoms with Crippen molar-refractivity contribution in [1.29, 1.82) is 0 Å². The maximum absolute atomic E-state index is 12.8. The first-order chi connectivity index (χ1) is 71.1. The average Bonchev–Trinajstić information content (AvgIpc) is 1.54. The van der Waals surface area contributed by atoms with Crippen molar-refractivity contribution < 1.29 is 22.1 Å². The van der Waals surface area contributed by atoms with Crippen LogP contribution in [0.1, 0.15) is 70.0 Å². The molecule has 0 spiro atoms. The number of imidazole rings is 5. The Hall–Kier alpha value is -14.5. The molecule has 25 rings (SSSR count). The molecule has 758 valence electrons. The molecule has 40 heteroatoms. The minimum absolute atomic E-state index is 0.364. The predicted octanol–water partition coefficient (Wildman–Crippen LogP) is 17.4. The van der Waals surface area contributed by atoms with Crippen molar-refractivity contribution in [2.24, 2.45) is 0 Å². The maximum Gasteiger partial charge on any atom is 0.344 e. The van der Waals surface area contributed by atoms with Crippen LogP contribution in [0, 0.1) is 34.6 Å². The number of likely N-dealkylation sites (N-methyl/N-ethyl adjacent to an activating group) is 2. The summed E-state index contributed by atoms with van der Waals surface area (Å²) in [5, 5.41) is 19.3. The quantitative estimate of drug-likeness (QED) is 0.114. The van der Waals surface area contributed by atoms with E-state index in [1.165, 1.54) is 0 Å². The van der Waals surface area contributed by atoms with Crippen LogP contribution >= 0.6 is 58.0 Å². The van der Waals surface area contributed by atoms with Crippen LogP contribution in [0.4, 0.5) is 28.4 Å². The lowest BCUT2D eigenvalue weighted by Crippen LogP contribution is -2.54. The zero-order valence-electron chi connectivity index (χ0n) is 83.5. The van der Waals surface area contributed by atoms with Crippen molar-refractivity contribution in [2.45, 2.75) is 112 Å². The molecule has 5 aromatic carbocycles. The summed E-state index contributed by atoms with van der Waals surface area (Å²) in [4.78, 5) is 124. The minimum Gasteiger partial charge on any atom is -0.421 e. The summed E-state index contributed by atoms with van der Waals surface area (Å²) >= 11 is 30.2. The Morgan fingerprint density at radius 1 is 0.270 bits per heavy atom. The van der Waals surface area contributed by atoms with Gasteiger partial charge >= 0.3 is 28.1 Å². The van der Waals surface area contributed by atoms with Gasteiger partial charge in [0, 0.05) is 218 Å². The van der Waals surface area contributed by atoms with Crippen molar-refractivity contribution >= 4 is 169 Å². The largest absolute Gasteiger partial charge is 0.421 e. The number of aromatic nitrogens is 15. The van der Waals surface area contributed by atoms with Gasteiger partial charge in [-0.05, 0) is 208 Å². The molecule has 0 radical (unpaired) electrons. The van der Waals surface area contributed by atoms with Gasteiger partial charge in [-0.3, -0.25) is 0 Å². The van der Waals surface area contributed by atoms with E-state index in [2.05, 4.69) is 186 Å². The maximum atomic E-state index is 12.8. The van der Waals surface area contributed by atoms with E-state index in [-0.39, 0.29) is 28.1 Å². The molecule has 5 aliphatic heterocycles. The van der Waals surface area contributed by atoms with Gasteiger partial charge in [0.05, 0.1) is 55.4 Å². The van der Waals surface area contributed by atoms with Gasteiger partial charge in [0.25, 0.3) is 0 Å². The fourth-order valence-electron chi connectivity index (χ4n) is 20.1. The molecule has 0 amide bonds. The van der Waals surface area contributed by atoms with Gasteiger partial charge in [0.2, 0.25) is 0 Å². The number of fused-ring (bicyclic) bond motifs is 10. The van der Waals surface area contributed by atoms with Crippen LogP contribution in [-0.4, -0.2) is 224 Å². The molecule has 15 aromatic heterocycles. The average molecular weight is 2090 g/mol. The summed E-state index contributed by atoms with van der Waals surface area (Å²) in [5.74, 6) is 2.11. The van der Waals surface area contributed by atoms with Crippen LogP contribution in [0.2, 0.25) is 25.8 Å². The Morgan fingerprint density at radius 3 is 0.723 bits per heavy atom. The lowest BCUT2D eigenvalue weighted by molar-refractivity contribution is 0.234. The summed E-state index contributed by atoms with van der Waals surface area (Å²) in [6.45, 7) is 35.3. The van der Waals surface area contributed by atoms with E-state index in [9.17, 15) is 24.0 Å². The summed E-state index contributed by atoms with van der Waals surface area (Å²) in [6.07, 6.45) is 17.4. The Bertz CT molecular complexity index is 8520. The van der Waals surface area contributed by atoms with Gasteiger partial charge in [-0.2, -0.15) is 0 Å². The second kappa shape index (κ2) is 41.0. The Labute approximate surface area is 871 Å². The van der Waals surface area contributed by atoms with Crippen LogP contribution in [0.25, 0.3) is 139 Å². The molecule has 6 atom stereocenters. The number of aryl methyl sites for hydroxylation is 5. The predicted molar refractivity (Wildman–Crippen MR) is 583 cm³/mol. The van der Waals surface area contributed by atoms with E-state index in [0.29, 0.717) is 203 Å². The molecule has 20 aromatic rings. The number of nitrogens with one attached hydrogen (secondary N) is 3. The normalized spacial score (nSPS) is 18.0. The number of halogens is 5. The zero-order valence-corrected chi connectivity index (χ0v) is 87.3. The van der Waals surface area contributed by atoms with E-state index >= 15 is 0 Å². The van der Waals surface area contributed by atoms with E-state index < -0.39 is 0 Å². The van der Waals surface area contributed by atoms with Crippen LogP contribution in [0.15, 0.2) is 229 Å². The zero-order chi connectivity index (χ0) is 103. The second-order valence-electron chi connectivity index (χ2n) is 38.9. The number of hydrogen-bond donors (Lipinski definition) is 3. The van der Waals surface area contributed by atoms with Crippen LogP contribution in [0.5, 0.6) is 0 Å². The molecule has 0 aliphatic carbocycles. The molecule has 0 unspecified atom stereocenters. The first-order valence-corrected chi connectivity index (χ1v) is 50.9. The number of piperazine rings is 5. The summed E-state index contributed by atoms with van der Waals surface area (Å²) < 4.78 is 37.1. The van der Waals surface area contributed by atoms with E-state index in [1.54, 1.807) is 84.0 Å². The first-order valence-electron chi connectivity index (χ1n) is 49.0. The van der Waals surface area contributed by atoms with Gasteiger partial charge < -0.3 is 94.3 Å². The smallest absolute Gasteiger partial charge is 0.344 e. The molecule has 5 fully saturated rings. The summed E-state index contributed by atoms with van der Waals surface area (Å²) in [7, 11) is 4.28. The molecule has 5 aliphatic rings. The van der Waals surface area contributed by atoms with E-state index in [0.717, 1.165) is 147 Å². The highest BCUT2D eigenvalue weighted by atomic mass is 35.5. The van der Waals surface area contributed by atoms with Crippen LogP contribution in [-0.2, 0) is 0 Å². The van der Waals surface area contributed by atoms with Gasteiger partial charge in [-0.15, -0.1) is 0 Å². The highest BCUT2D eigenvalue weighted by molar-refractivity contribution is 6.30. The lowest BCUT2D eigenvalue weighted by Gasteiger charge is -2.39.